The minimum absolute atomic E-state index is 0.437. The second-order valence-electron chi connectivity index (χ2n) is 4.71. The molecule has 0 saturated heterocycles. The third kappa shape index (κ3) is 3.46. The summed E-state index contributed by atoms with van der Waals surface area (Å²) < 4.78 is 0. The maximum atomic E-state index is 9.46. The zero-order valence-corrected chi connectivity index (χ0v) is 14.2. The van der Waals surface area contributed by atoms with Crippen molar-refractivity contribution in [2.24, 2.45) is 0 Å². The van der Waals surface area contributed by atoms with Crippen LogP contribution >= 0.6 is 34.5 Å². The number of thiazole rings is 1. The minimum Gasteiger partial charge on any atom is -0.235 e. The summed E-state index contributed by atoms with van der Waals surface area (Å²) in [6.45, 7) is 0. The lowest BCUT2D eigenvalue weighted by atomic mass is 10.1. The first-order chi connectivity index (χ1) is 11.2. The van der Waals surface area contributed by atoms with Crippen LogP contribution in [0.2, 0.25) is 10.0 Å². The number of allylic oxidation sites excluding steroid dienone is 1. The van der Waals surface area contributed by atoms with Gasteiger partial charge in [0.2, 0.25) is 0 Å². The normalized spacial score (nSPS) is 11.3. The lowest BCUT2D eigenvalue weighted by molar-refractivity contribution is 1.37. The zero-order chi connectivity index (χ0) is 16.2. The van der Waals surface area contributed by atoms with E-state index in [-0.39, 0.29) is 0 Å². The second kappa shape index (κ2) is 6.97. The van der Waals surface area contributed by atoms with Crippen LogP contribution in [-0.4, -0.2) is 4.98 Å². The Morgan fingerprint density at radius 3 is 2.39 bits per heavy atom. The zero-order valence-electron chi connectivity index (χ0n) is 11.8. The van der Waals surface area contributed by atoms with Crippen LogP contribution in [0.4, 0.5) is 0 Å². The molecule has 112 valence electrons. The van der Waals surface area contributed by atoms with E-state index < -0.39 is 0 Å². The molecule has 0 saturated carbocycles. The minimum atomic E-state index is 0.437. The van der Waals surface area contributed by atoms with Crippen LogP contribution < -0.4 is 0 Å². The van der Waals surface area contributed by atoms with Gasteiger partial charge in [0.25, 0.3) is 0 Å². The van der Waals surface area contributed by atoms with Gasteiger partial charge in [-0.05, 0) is 18.2 Å². The van der Waals surface area contributed by atoms with Crippen molar-refractivity contribution in [3.63, 3.8) is 0 Å². The molecule has 0 fully saturated rings. The smallest absolute Gasteiger partial charge is 0.134 e. The molecule has 0 amide bonds. The van der Waals surface area contributed by atoms with Gasteiger partial charge in [-0.2, -0.15) is 5.26 Å². The van der Waals surface area contributed by atoms with Gasteiger partial charge in [0.05, 0.1) is 11.3 Å². The molecule has 0 atom stereocenters. The monoisotopic (exact) mass is 356 g/mol. The molecule has 1 heterocycles. The number of benzene rings is 2. The highest BCUT2D eigenvalue weighted by atomic mass is 35.5. The van der Waals surface area contributed by atoms with Crippen LogP contribution in [0.5, 0.6) is 0 Å². The molecule has 5 heteroatoms. The van der Waals surface area contributed by atoms with Gasteiger partial charge >= 0.3 is 0 Å². The number of halogens is 2. The number of nitriles is 1. The molecule has 23 heavy (non-hydrogen) atoms. The van der Waals surface area contributed by atoms with Gasteiger partial charge in [0.15, 0.2) is 0 Å². The summed E-state index contributed by atoms with van der Waals surface area (Å²) in [5.74, 6) is 0. The highest BCUT2D eigenvalue weighted by Crippen LogP contribution is 2.31. The molecule has 1 aromatic heterocycles. The lowest BCUT2D eigenvalue weighted by Crippen LogP contribution is -1.84. The molecule has 0 aliphatic heterocycles. The maximum absolute atomic E-state index is 9.46. The van der Waals surface area contributed by atoms with Gasteiger partial charge in [0, 0.05) is 26.6 Å². The van der Waals surface area contributed by atoms with Crippen LogP contribution in [0.25, 0.3) is 22.9 Å². The third-order valence-electron chi connectivity index (χ3n) is 3.21. The van der Waals surface area contributed by atoms with E-state index in [1.54, 1.807) is 24.3 Å². The van der Waals surface area contributed by atoms with Gasteiger partial charge in [-0.1, -0.05) is 59.6 Å². The van der Waals surface area contributed by atoms with Crippen molar-refractivity contribution < 1.29 is 0 Å². The Kier molecular flexibility index (Phi) is 4.78. The summed E-state index contributed by atoms with van der Waals surface area (Å²) in [7, 11) is 0. The summed E-state index contributed by atoms with van der Waals surface area (Å²) in [5, 5.41) is 13.0. The average Bonchev–Trinajstić information content (AvgIpc) is 3.05. The fraction of sp³-hybridized carbons (Fsp3) is 0. The number of hydrogen-bond donors (Lipinski definition) is 0. The summed E-state index contributed by atoms with van der Waals surface area (Å²) in [6, 6.07) is 17.3. The number of nitrogens with zero attached hydrogens (tertiary/aromatic N) is 2. The first kappa shape index (κ1) is 15.8. The van der Waals surface area contributed by atoms with Gasteiger partial charge in [0.1, 0.15) is 11.1 Å². The van der Waals surface area contributed by atoms with Crippen LogP contribution in [0.15, 0.2) is 53.9 Å². The summed E-state index contributed by atoms with van der Waals surface area (Å²) >= 11 is 13.7. The van der Waals surface area contributed by atoms with Crippen molar-refractivity contribution in [3.8, 4) is 17.3 Å². The predicted molar refractivity (Wildman–Crippen MR) is 97.5 cm³/mol. The van der Waals surface area contributed by atoms with Crippen LogP contribution in [-0.2, 0) is 0 Å². The summed E-state index contributed by atoms with van der Waals surface area (Å²) in [4.78, 5) is 4.55. The summed E-state index contributed by atoms with van der Waals surface area (Å²) in [6.07, 6.45) is 1.68. The van der Waals surface area contributed by atoms with E-state index in [0.29, 0.717) is 26.2 Å². The fourth-order valence-corrected chi connectivity index (χ4v) is 3.37. The van der Waals surface area contributed by atoms with E-state index in [2.05, 4.69) is 11.1 Å². The molecule has 0 aliphatic rings. The standard InChI is InChI=1S/C18H10Cl2N2S/c19-15-7-4-8-16(20)14(15)9-13(10-21)18-22-17(11-23-18)12-5-2-1-3-6-12/h1-9,11H. The highest BCUT2D eigenvalue weighted by molar-refractivity contribution is 7.11. The van der Waals surface area contributed by atoms with E-state index >= 15 is 0 Å². The van der Waals surface area contributed by atoms with Crippen molar-refractivity contribution in [2.45, 2.75) is 0 Å². The largest absolute Gasteiger partial charge is 0.235 e. The Morgan fingerprint density at radius 2 is 1.74 bits per heavy atom. The molecule has 0 bridgehead atoms. The third-order valence-corrected chi connectivity index (χ3v) is 4.75. The molecular weight excluding hydrogens is 347 g/mol. The Morgan fingerprint density at radius 1 is 1.04 bits per heavy atom. The number of hydrogen-bond acceptors (Lipinski definition) is 3. The molecular formula is C18H10Cl2N2S. The van der Waals surface area contributed by atoms with E-state index in [1.165, 1.54) is 11.3 Å². The van der Waals surface area contributed by atoms with Gasteiger partial charge in [-0.3, -0.25) is 0 Å². The topological polar surface area (TPSA) is 36.7 Å². The molecule has 2 nitrogen and oxygen atoms in total. The molecule has 0 N–H and O–H groups in total. The Bertz CT molecular complexity index is 888. The quantitative estimate of drug-likeness (QED) is 0.525. The van der Waals surface area contributed by atoms with Gasteiger partial charge in [-0.15, -0.1) is 11.3 Å². The summed E-state index contributed by atoms with van der Waals surface area (Å²) in [5.41, 5.74) is 2.93. The molecule has 0 unspecified atom stereocenters. The van der Waals surface area contributed by atoms with Crippen LogP contribution in [0.1, 0.15) is 10.6 Å². The molecule has 3 rings (SSSR count). The molecule has 3 aromatic rings. The van der Waals surface area contributed by atoms with Gasteiger partial charge < -0.3 is 0 Å². The first-order valence-corrected chi connectivity index (χ1v) is 8.39. The lowest BCUT2D eigenvalue weighted by Gasteiger charge is -2.02. The maximum Gasteiger partial charge on any atom is 0.134 e. The van der Waals surface area contributed by atoms with Crippen molar-refractivity contribution in [1.82, 2.24) is 4.98 Å². The first-order valence-electron chi connectivity index (χ1n) is 6.76. The van der Waals surface area contributed by atoms with E-state index in [4.69, 9.17) is 23.2 Å². The molecule has 2 aromatic carbocycles. The van der Waals surface area contributed by atoms with E-state index in [9.17, 15) is 5.26 Å². The van der Waals surface area contributed by atoms with Gasteiger partial charge in [-0.25, -0.2) is 4.98 Å². The van der Waals surface area contributed by atoms with Crippen LogP contribution in [0.3, 0.4) is 0 Å². The Balaban J connectivity index is 2.01. The van der Waals surface area contributed by atoms with Crippen LogP contribution in [0, 0.1) is 11.3 Å². The fourth-order valence-electron chi connectivity index (χ4n) is 2.07. The van der Waals surface area contributed by atoms with Crippen molar-refractivity contribution in [2.75, 3.05) is 0 Å². The second-order valence-corrected chi connectivity index (χ2v) is 6.38. The van der Waals surface area contributed by atoms with E-state index in [0.717, 1.165) is 11.3 Å². The molecule has 0 aliphatic carbocycles. The van der Waals surface area contributed by atoms with Crippen molar-refractivity contribution in [1.29, 1.82) is 5.26 Å². The van der Waals surface area contributed by atoms with E-state index in [1.807, 2.05) is 35.7 Å². The van der Waals surface area contributed by atoms with Crippen molar-refractivity contribution >= 4 is 46.2 Å². The average molecular weight is 357 g/mol. The highest BCUT2D eigenvalue weighted by Gasteiger charge is 2.11. The molecule has 0 radical (unpaired) electrons. The predicted octanol–water partition coefficient (Wildman–Crippen LogP) is 6.18. The Hall–Kier alpha value is -2.12. The SMILES string of the molecule is N#CC(=Cc1c(Cl)cccc1Cl)c1nc(-c2ccccc2)cs1. The Labute approximate surface area is 148 Å². The number of aromatic nitrogens is 1. The van der Waals surface area contributed by atoms with Crippen molar-refractivity contribution in [3.05, 3.63) is 74.5 Å². The number of rotatable bonds is 3. The molecule has 0 spiro atoms.